The number of nitrogens with zero attached hydrogens (tertiary/aromatic N) is 1. The van der Waals surface area contributed by atoms with Gasteiger partial charge in [0.15, 0.2) is 0 Å². The van der Waals surface area contributed by atoms with E-state index in [-0.39, 0.29) is 0 Å². The van der Waals surface area contributed by atoms with Crippen LogP contribution in [0.3, 0.4) is 0 Å². The lowest BCUT2D eigenvalue weighted by Crippen LogP contribution is -2.42. The zero-order valence-electron chi connectivity index (χ0n) is 10.0. The number of hydrogen-bond donors (Lipinski definition) is 0. The van der Waals surface area contributed by atoms with Crippen LogP contribution in [-0.4, -0.2) is 35.7 Å². The molecule has 90 valence electrons. The molecule has 0 aromatic heterocycles. The van der Waals surface area contributed by atoms with Gasteiger partial charge in [0.25, 0.3) is 0 Å². The van der Waals surface area contributed by atoms with E-state index in [4.69, 9.17) is 4.74 Å². The van der Waals surface area contributed by atoms with Gasteiger partial charge in [0.05, 0.1) is 7.11 Å². The van der Waals surface area contributed by atoms with E-state index in [0.717, 1.165) is 0 Å². The van der Waals surface area contributed by atoms with Crippen LogP contribution < -0.4 is 0 Å². The number of rotatable bonds is 1. The van der Waals surface area contributed by atoms with Gasteiger partial charge in [0.1, 0.15) is 11.6 Å². The lowest BCUT2D eigenvalue weighted by Gasteiger charge is -2.26. The summed E-state index contributed by atoms with van der Waals surface area (Å²) in [6.07, 6.45) is 3.23. The molecule has 1 aliphatic rings. The maximum absolute atomic E-state index is 11.7. The summed E-state index contributed by atoms with van der Waals surface area (Å²) < 4.78 is 9.79. The minimum absolute atomic E-state index is 0.434. The van der Waals surface area contributed by atoms with E-state index in [1.165, 1.54) is 12.0 Å². The van der Waals surface area contributed by atoms with Crippen LogP contribution in [0.15, 0.2) is 12.3 Å². The van der Waals surface area contributed by atoms with E-state index in [2.05, 4.69) is 4.74 Å². The van der Waals surface area contributed by atoms with Crippen LogP contribution in [0, 0.1) is 0 Å². The van der Waals surface area contributed by atoms with Crippen LogP contribution in [0.5, 0.6) is 0 Å². The zero-order valence-corrected chi connectivity index (χ0v) is 10.0. The Hall–Kier alpha value is -1.52. The van der Waals surface area contributed by atoms with Crippen molar-refractivity contribution in [2.75, 3.05) is 7.11 Å². The second-order valence-electron chi connectivity index (χ2n) is 4.55. The molecular formula is C11H17NO4. The van der Waals surface area contributed by atoms with Crippen LogP contribution in [0.2, 0.25) is 0 Å². The summed E-state index contributed by atoms with van der Waals surface area (Å²) in [5, 5.41) is 0. The van der Waals surface area contributed by atoms with Crippen molar-refractivity contribution in [1.29, 1.82) is 0 Å². The number of amides is 1. The van der Waals surface area contributed by atoms with Crippen molar-refractivity contribution in [3.05, 3.63) is 12.3 Å². The van der Waals surface area contributed by atoms with Crippen molar-refractivity contribution in [2.24, 2.45) is 0 Å². The Kier molecular flexibility index (Phi) is 3.57. The molecule has 0 aliphatic carbocycles. The van der Waals surface area contributed by atoms with Crippen molar-refractivity contribution in [1.82, 2.24) is 4.90 Å². The summed E-state index contributed by atoms with van der Waals surface area (Å²) in [6, 6.07) is -0.597. The third-order valence-corrected chi connectivity index (χ3v) is 2.04. The average molecular weight is 227 g/mol. The van der Waals surface area contributed by atoms with E-state index in [1.807, 2.05) is 0 Å². The molecule has 1 atom stereocenters. The quantitative estimate of drug-likeness (QED) is 0.639. The molecule has 1 rings (SSSR count). The Morgan fingerprint density at radius 1 is 1.38 bits per heavy atom. The Bertz CT molecular complexity index is 316. The summed E-state index contributed by atoms with van der Waals surface area (Å²) >= 11 is 0. The highest BCUT2D eigenvalue weighted by Crippen LogP contribution is 2.19. The van der Waals surface area contributed by atoms with Gasteiger partial charge in [0.2, 0.25) is 0 Å². The van der Waals surface area contributed by atoms with Gasteiger partial charge in [0, 0.05) is 6.20 Å². The molecule has 16 heavy (non-hydrogen) atoms. The molecule has 1 aliphatic heterocycles. The lowest BCUT2D eigenvalue weighted by molar-refractivity contribution is -0.145. The van der Waals surface area contributed by atoms with Gasteiger partial charge < -0.3 is 9.47 Å². The van der Waals surface area contributed by atoms with E-state index in [1.54, 1.807) is 33.0 Å². The van der Waals surface area contributed by atoms with Crippen molar-refractivity contribution in [3.63, 3.8) is 0 Å². The van der Waals surface area contributed by atoms with Gasteiger partial charge in [-0.05, 0) is 27.2 Å². The van der Waals surface area contributed by atoms with Gasteiger partial charge in [-0.15, -0.1) is 0 Å². The molecule has 0 aromatic carbocycles. The molecule has 0 bridgehead atoms. The molecule has 0 spiro atoms. The average Bonchev–Trinajstić information content (AvgIpc) is 2.62. The summed E-state index contributed by atoms with van der Waals surface area (Å²) in [5.41, 5.74) is -0.575. The third kappa shape index (κ3) is 2.98. The summed E-state index contributed by atoms with van der Waals surface area (Å²) in [7, 11) is 1.30. The number of carbonyl (C=O) groups excluding carboxylic acids is 2. The van der Waals surface area contributed by atoms with Crippen LogP contribution in [0.1, 0.15) is 27.2 Å². The highest BCUT2D eigenvalue weighted by molar-refractivity contribution is 5.83. The number of ether oxygens (including phenoxy) is 2. The minimum atomic E-state index is -0.597. The predicted molar refractivity (Wildman–Crippen MR) is 57.6 cm³/mol. The summed E-state index contributed by atoms with van der Waals surface area (Å²) in [5.74, 6) is -0.434. The first kappa shape index (κ1) is 12.5. The number of esters is 1. The van der Waals surface area contributed by atoms with E-state index in [0.29, 0.717) is 6.42 Å². The van der Waals surface area contributed by atoms with Crippen LogP contribution in [-0.2, 0) is 14.3 Å². The topological polar surface area (TPSA) is 55.8 Å². The fourth-order valence-electron chi connectivity index (χ4n) is 1.37. The van der Waals surface area contributed by atoms with Gasteiger partial charge in [-0.3, -0.25) is 4.90 Å². The van der Waals surface area contributed by atoms with E-state index < -0.39 is 23.7 Å². The number of methoxy groups -OCH3 is 1. The standard InChI is InChI=1S/C11H17NO4/c1-11(2,3)16-10(14)12-7-5-6-8(12)9(13)15-4/h5,7-8H,6H2,1-4H3/t8-/m1/s1. The molecule has 0 aromatic rings. The van der Waals surface area contributed by atoms with Gasteiger partial charge >= 0.3 is 12.1 Å². The van der Waals surface area contributed by atoms with E-state index in [9.17, 15) is 9.59 Å². The van der Waals surface area contributed by atoms with Crippen molar-refractivity contribution in [3.8, 4) is 0 Å². The van der Waals surface area contributed by atoms with Crippen LogP contribution in [0.4, 0.5) is 4.79 Å². The van der Waals surface area contributed by atoms with Crippen molar-refractivity contribution in [2.45, 2.75) is 38.8 Å². The van der Waals surface area contributed by atoms with Gasteiger partial charge in [-0.1, -0.05) is 6.08 Å². The molecule has 0 saturated carbocycles. The molecule has 0 fully saturated rings. The first-order chi connectivity index (χ1) is 7.35. The molecule has 5 heteroatoms. The summed E-state index contributed by atoms with van der Waals surface area (Å²) in [6.45, 7) is 5.33. The monoisotopic (exact) mass is 227 g/mol. The molecule has 0 unspecified atom stereocenters. The third-order valence-electron chi connectivity index (χ3n) is 2.04. The molecule has 1 heterocycles. The zero-order chi connectivity index (χ0) is 12.3. The molecule has 0 N–H and O–H groups in total. The van der Waals surface area contributed by atoms with Crippen LogP contribution >= 0.6 is 0 Å². The SMILES string of the molecule is COC(=O)[C@H]1CC=CN1C(=O)OC(C)(C)C. The fraction of sp³-hybridized carbons (Fsp3) is 0.636. The molecule has 5 nitrogen and oxygen atoms in total. The number of carbonyl (C=O) groups is 2. The van der Waals surface area contributed by atoms with Gasteiger partial charge in [-0.25, -0.2) is 9.59 Å². The molecule has 1 amide bonds. The first-order valence-electron chi connectivity index (χ1n) is 5.11. The maximum atomic E-state index is 11.7. The van der Waals surface area contributed by atoms with Crippen molar-refractivity contribution >= 4 is 12.1 Å². The molecular weight excluding hydrogens is 210 g/mol. The summed E-state index contributed by atoms with van der Waals surface area (Å²) in [4.78, 5) is 24.4. The van der Waals surface area contributed by atoms with Crippen LogP contribution in [0.25, 0.3) is 0 Å². The lowest BCUT2D eigenvalue weighted by atomic mass is 10.2. The fourth-order valence-corrected chi connectivity index (χ4v) is 1.37. The Morgan fingerprint density at radius 2 is 2.00 bits per heavy atom. The molecule has 0 radical (unpaired) electrons. The Balaban J connectivity index is 2.68. The maximum Gasteiger partial charge on any atom is 0.415 e. The highest BCUT2D eigenvalue weighted by Gasteiger charge is 2.34. The molecule has 0 saturated heterocycles. The predicted octanol–water partition coefficient (Wildman–Crippen LogP) is 1.68. The number of hydrogen-bond acceptors (Lipinski definition) is 4. The van der Waals surface area contributed by atoms with E-state index >= 15 is 0 Å². The second kappa shape index (κ2) is 4.55. The first-order valence-corrected chi connectivity index (χ1v) is 5.11. The smallest absolute Gasteiger partial charge is 0.415 e. The normalized spacial score (nSPS) is 19.8. The minimum Gasteiger partial charge on any atom is -0.467 e. The second-order valence-corrected chi connectivity index (χ2v) is 4.55. The Labute approximate surface area is 95.0 Å². The highest BCUT2D eigenvalue weighted by atomic mass is 16.6. The van der Waals surface area contributed by atoms with Gasteiger partial charge in [-0.2, -0.15) is 0 Å². The van der Waals surface area contributed by atoms with Crippen molar-refractivity contribution < 1.29 is 19.1 Å². The largest absolute Gasteiger partial charge is 0.467 e. The Morgan fingerprint density at radius 3 is 2.50 bits per heavy atom.